The first-order valence-corrected chi connectivity index (χ1v) is 7.82. The standard InChI is InChI=1S/C15H20O2S/c1-10-14(12-4-2-3-5-13(12)18-10)15(16)11-6-8-17-9-7-11/h11H,2-9H2,1H3. The van der Waals surface area contributed by atoms with E-state index in [4.69, 9.17) is 4.74 Å². The van der Waals surface area contributed by atoms with Crippen molar-refractivity contribution in [3.05, 3.63) is 20.9 Å². The van der Waals surface area contributed by atoms with Crippen molar-refractivity contribution in [1.29, 1.82) is 0 Å². The van der Waals surface area contributed by atoms with Crippen molar-refractivity contribution in [1.82, 2.24) is 0 Å². The molecule has 1 aliphatic heterocycles. The number of fused-ring (bicyclic) bond motifs is 1. The summed E-state index contributed by atoms with van der Waals surface area (Å²) in [5.41, 5.74) is 2.47. The van der Waals surface area contributed by atoms with Crippen LogP contribution in [0.5, 0.6) is 0 Å². The molecule has 1 aromatic rings. The van der Waals surface area contributed by atoms with Gasteiger partial charge in [0.1, 0.15) is 0 Å². The van der Waals surface area contributed by atoms with Crippen LogP contribution in [-0.2, 0) is 17.6 Å². The second kappa shape index (κ2) is 5.14. The number of Topliss-reactive ketones (excluding diaryl/α,β-unsaturated/α-hetero) is 1. The van der Waals surface area contributed by atoms with E-state index in [0.717, 1.165) is 38.0 Å². The highest BCUT2D eigenvalue weighted by Crippen LogP contribution is 2.36. The molecule has 2 heterocycles. The molecule has 0 amide bonds. The molecular weight excluding hydrogens is 244 g/mol. The van der Waals surface area contributed by atoms with E-state index in [9.17, 15) is 4.79 Å². The summed E-state index contributed by atoms with van der Waals surface area (Å²) in [5, 5.41) is 0. The lowest BCUT2D eigenvalue weighted by Crippen LogP contribution is -2.24. The smallest absolute Gasteiger partial charge is 0.167 e. The number of ether oxygens (including phenoxy) is 1. The third-order valence-corrected chi connectivity index (χ3v) is 5.39. The van der Waals surface area contributed by atoms with Crippen LogP contribution >= 0.6 is 11.3 Å². The van der Waals surface area contributed by atoms with Crippen LogP contribution in [0.15, 0.2) is 0 Å². The first kappa shape index (κ1) is 12.4. The van der Waals surface area contributed by atoms with Crippen molar-refractivity contribution < 1.29 is 9.53 Å². The molecule has 3 heteroatoms. The predicted molar refractivity (Wildman–Crippen MR) is 73.6 cm³/mol. The molecule has 0 spiro atoms. The summed E-state index contributed by atoms with van der Waals surface area (Å²) in [6, 6.07) is 0. The summed E-state index contributed by atoms with van der Waals surface area (Å²) in [4.78, 5) is 15.4. The second-order valence-corrected chi connectivity index (χ2v) is 6.70. The first-order chi connectivity index (χ1) is 8.77. The molecule has 0 aromatic carbocycles. The molecule has 0 bridgehead atoms. The molecule has 1 aliphatic carbocycles. The van der Waals surface area contributed by atoms with Crippen molar-refractivity contribution in [2.45, 2.75) is 45.4 Å². The molecule has 0 saturated carbocycles. The van der Waals surface area contributed by atoms with Crippen molar-refractivity contribution in [3.63, 3.8) is 0 Å². The van der Waals surface area contributed by atoms with Crippen molar-refractivity contribution >= 4 is 17.1 Å². The molecule has 98 valence electrons. The Morgan fingerprint density at radius 2 is 1.94 bits per heavy atom. The van der Waals surface area contributed by atoms with Gasteiger partial charge >= 0.3 is 0 Å². The van der Waals surface area contributed by atoms with E-state index in [-0.39, 0.29) is 5.92 Å². The van der Waals surface area contributed by atoms with Gasteiger partial charge in [-0.15, -0.1) is 11.3 Å². The maximum Gasteiger partial charge on any atom is 0.167 e. The van der Waals surface area contributed by atoms with E-state index < -0.39 is 0 Å². The number of ketones is 1. The van der Waals surface area contributed by atoms with Gasteiger partial charge in [0.2, 0.25) is 0 Å². The molecule has 2 aliphatic rings. The zero-order valence-corrected chi connectivity index (χ0v) is 11.8. The molecule has 0 N–H and O–H groups in total. The number of aryl methyl sites for hydroxylation is 2. The molecule has 2 nitrogen and oxygen atoms in total. The van der Waals surface area contributed by atoms with E-state index >= 15 is 0 Å². The Hall–Kier alpha value is -0.670. The van der Waals surface area contributed by atoms with Crippen molar-refractivity contribution in [3.8, 4) is 0 Å². The van der Waals surface area contributed by atoms with Gasteiger partial charge in [0.05, 0.1) is 0 Å². The van der Waals surface area contributed by atoms with Gasteiger partial charge in [0.15, 0.2) is 5.78 Å². The summed E-state index contributed by atoms with van der Waals surface area (Å²) in [7, 11) is 0. The van der Waals surface area contributed by atoms with Gasteiger partial charge in [0, 0.05) is 34.4 Å². The van der Waals surface area contributed by atoms with Gasteiger partial charge in [-0.3, -0.25) is 4.79 Å². The fourth-order valence-corrected chi connectivity index (χ4v) is 4.46. The number of hydrogen-bond donors (Lipinski definition) is 0. The minimum absolute atomic E-state index is 0.207. The van der Waals surface area contributed by atoms with E-state index in [2.05, 4.69) is 6.92 Å². The van der Waals surface area contributed by atoms with Crippen LogP contribution < -0.4 is 0 Å². The maximum atomic E-state index is 12.7. The van der Waals surface area contributed by atoms with Crippen LogP contribution in [0.4, 0.5) is 0 Å². The van der Waals surface area contributed by atoms with E-state index in [1.165, 1.54) is 34.6 Å². The zero-order valence-electron chi connectivity index (χ0n) is 11.0. The van der Waals surface area contributed by atoms with Gasteiger partial charge in [-0.05, 0) is 51.0 Å². The monoisotopic (exact) mass is 264 g/mol. The topological polar surface area (TPSA) is 26.3 Å². The first-order valence-electron chi connectivity index (χ1n) is 7.00. The Balaban J connectivity index is 1.90. The molecular formula is C15H20O2S. The lowest BCUT2D eigenvalue weighted by atomic mass is 9.86. The molecule has 0 radical (unpaired) electrons. The van der Waals surface area contributed by atoms with Gasteiger partial charge in [-0.25, -0.2) is 0 Å². The Morgan fingerprint density at radius 1 is 1.22 bits per heavy atom. The number of hydrogen-bond acceptors (Lipinski definition) is 3. The SMILES string of the molecule is Cc1sc2c(c1C(=O)C1CCOCC1)CCCC2. The quantitative estimate of drug-likeness (QED) is 0.764. The highest BCUT2D eigenvalue weighted by atomic mass is 32.1. The van der Waals surface area contributed by atoms with Crippen LogP contribution in [0, 0.1) is 12.8 Å². The number of carbonyl (C=O) groups excluding carboxylic acids is 1. The Kier molecular flexibility index (Phi) is 3.53. The van der Waals surface area contributed by atoms with Gasteiger partial charge in [-0.1, -0.05) is 0 Å². The summed E-state index contributed by atoms with van der Waals surface area (Å²) >= 11 is 1.86. The largest absolute Gasteiger partial charge is 0.381 e. The average Bonchev–Trinajstić information content (AvgIpc) is 2.75. The highest BCUT2D eigenvalue weighted by molar-refractivity contribution is 7.12. The van der Waals surface area contributed by atoms with Gasteiger partial charge in [0.25, 0.3) is 0 Å². The fourth-order valence-electron chi connectivity index (χ4n) is 3.19. The summed E-state index contributed by atoms with van der Waals surface area (Å²) in [6.45, 7) is 3.62. The molecule has 0 atom stereocenters. The van der Waals surface area contributed by atoms with E-state index in [0.29, 0.717) is 5.78 Å². The molecule has 18 heavy (non-hydrogen) atoms. The average molecular weight is 264 g/mol. The molecule has 1 fully saturated rings. The van der Waals surface area contributed by atoms with Crippen LogP contribution in [0.1, 0.15) is 51.4 Å². The van der Waals surface area contributed by atoms with E-state index in [1.807, 2.05) is 11.3 Å². The molecule has 0 unspecified atom stereocenters. The Morgan fingerprint density at radius 3 is 2.72 bits per heavy atom. The molecule has 3 rings (SSSR count). The highest BCUT2D eigenvalue weighted by Gasteiger charge is 2.29. The number of carbonyl (C=O) groups is 1. The zero-order chi connectivity index (χ0) is 12.5. The van der Waals surface area contributed by atoms with Crippen LogP contribution in [0.2, 0.25) is 0 Å². The maximum absolute atomic E-state index is 12.7. The molecule has 1 aromatic heterocycles. The predicted octanol–water partition coefficient (Wildman–Crippen LogP) is 3.54. The third-order valence-electron chi connectivity index (χ3n) is 4.19. The third kappa shape index (κ3) is 2.14. The fraction of sp³-hybridized carbons (Fsp3) is 0.667. The van der Waals surface area contributed by atoms with Crippen molar-refractivity contribution in [2.24, 2.45) is 5.92 Å². The minimum Gasteiger partial charge on any atom is -0.381 e. The lowest BCUT2D eigenvalue weighted by Gasteiger charge is -2.22. The van der Waals surface area contributed by atoms with Crippen molar-refractivity contribution in [2.75, 3.05) is 13.2 Å². The summed E-state index contributed by atoms with van der Waals surface area (Å²) < 4.78 is 5.36. The van der Waals surface area contributed by atoms with Crippen LogP contribution in [0.25, 0.3) is 0 Å². The number of thiophene rings is 1. The Bertz CT molecular complexity index is 455. The molecule has 1 saturated heterocycles. The van der Waals surface area contributed by atoms with Gasteiger partial charge < -0.3 is 4.74 Å². The van der Waals surface area contributed by atoms with Gasteiger partial charge in [-0.2, -0.15) is 0 Å². The summed E-state index contributed by atoms with van der Waals surface area (Å²) in [5.74, 6) is 0.605. The van der Waals surface area contributed by atoms with Crippen LogP contribution in [0.3, 0.4) is 0 Å². The van der Waals surface area contributed by atoms with E-state index in [1.54, 1.807) is 0 Å². The Labute approximate surface area is 112 Å². The lowest BCUT2D eigenvalue weighted by molar-refractivity contribution is 0.0544. The minimum atomic E-state index is 0.207. The normalized spacial score (nSPS) is 20.7. The number of rotatable bonds is 2. The summed E-state index contributed by atoms with van der Waals surface area (Å²) in [6.07, 6.45) is 6.65. The van der Waals surface area contributed by atoms with Crippen LogP contribution in [-0.4, -0.2) is 19.0 Å². The second-order valence-electron chi connectivity index (χ2n) is 5.39.